The maximum absolute atomic E-state index is 12.0. The molecular formula is C15H32N2O. The van der Waals surface area contributed by atoms with Crippen molar-refractivity contribution in [2.75, 3.05) is 20.1 Å². The summed E-state index contributed by atoms with van der Waals surface area (Å²) in [5.74, 6) is 1.50. The number of rotatable bonds is 10. The molecular weight excluding hydrogens is 224 g/mol. The average Bonchev–Trinajstić information content (AvgIpc) is 2.35. The van der Waals surface area contributed by atoms with Crippen LogP contribution in [0.1, 0.15) is 59.3 Å². The van der Waals surface area contributed by atoms with E-state index in [9.17, 15) is 4.79 Å². The van der Waals surface area contributed by atoms with Crippen molar-refractivity contribution in [2.45, 2.75) is 59.3 Å². The zero-order valence-corrected chi connectivity index (χ0v) is 12.7. The monoisotopic (exact) mass is 256 g/mol. The highest BCUT2D eigenvalue weighted by Crippen LogP contribution is 2.17. The Kier molecular flexibility index (Phi) is 10.0. The fraction of sp³-hybridized carbons (Fsp3) is 0.933. The second-order valence-electron chi connectivity index (χ2n) is 5.56. The summed E-state index contributed by atoms with van der Waals surface area (Å²) < 4.78 is 0. The molecule has 0 aromatic rings. The Hall–Kier alpha value is -0.570. The first-order chi connectivity index (χ1) is 8.54. The van der Waals surface area contributed by atoms with Crippen LogP contribution in [-0.2, 0) is 4.79 Å². The molecule has 1 amide bonds. The molecule has 2 atom stereocenters. The lowest BCUT2D eigenvalue weighted by molar-refractivity contribution is -0.130. The minimum Gasteiger partial charge on any atom is -0.345 e. The SMILES string of the molecule is CCCC(CCN)CCC(=O)N(C)CC(C)CC. The summed E-state index contributed by atoms with van der Waals surface area (Å²) in [7, 11) is 1.92. The quantitative estimate of drug-likeness (QED) is 0.653. The number of carbonyl (C=O) groups excluding carboxylic acids is 1. The maximum atomic E-state index is 12.0. The maximum Gasteiger partial charge on any atom is 0.222 e. The van der Waals surface area contributed by atoms with Crippen LogP contribution in [-0.4, -0.2) is 30.9 Å². The molecule has 2 N–H and O–H groups in total. The van der Waals surface area contributed by atoms with Gasteiger partial charge >= 0.3 is 0 Å². The van der Waals surface area contributed by atoms with Crippen molar-refractivity contribution in [1.82, 2.24) is 4.90 Å². The lowest BCUT2D eigenvalue weighted by atomic mass is 9.94. The van der Waals surface area contributed by atoms with Crippen molar-refractivity contribution in [2.24, 2.45) is 17.6 Å². The first kappa shape index (κ1) is 17.4. The van der Waals surface area contributed by atoms with E-state index in [2.05, 4.69) is 20.8 Å². The molecule has 0 saturated carbocycles. The molecule has 0 aliphatic heterocycles. The molecule has 0 radical (unpaired) electrons. The van der Waals surface area contributed by atoms with Crippen molar-refractivity contribution in [1.29, 1.82) is 0 Å². The Bertz CT molecular complexity index is 213. The highest BCUT2D eigenvalue weighted by atomic mass is 16.2. The first-order valence-corrected chi connectivity index (χ1v) is 7.49. The molecule has 0 aromatic heterocycles. The fourth-order valence-corrected chi connectivity index (χ4v) is 2.29. The predicted molar refractivity (Wildman–Crippen MR) is 78.4 cm³/mol. The van der Waals surface area contributed by atoms with Crippen molar-refractivity contribution in [3.05, 3.63) is 0 Å². The van der Waals surface area contributed by atoms with E-state index in [0.29, 0.717) is 18.3 Å². The van der Waals surface area contributed by atoms with Gasteiger partial charge in [-0.15, -0.1) is 0 Å². The number of amides is 1. The molecule has 0 rings (SSSR count). The van der Waals surface area contributed by atoms with Crippen LogP contribution in [0.4, 0.5) is 0 Å². The molecule has 3 heteroatoms. The van der Waals surface area contributed by atoms with Crippen LogP contribution in [0.2, 0.25) is 0 Å². The van der Waals surface area contributed by atoms with Crippen LogP contribution in [0.25, 0.3) is 0 Å². The van der Waals surface area contributed by atoms with E-state index in [1.54, 1.807) is 0 Å². The van der Waals surface area contributed by atoms with Gasteiger partial charge in [-0.3, -0.25) is 4.79 Å². The summed E-state index contributed by atoms with van der Waals surface area (Å²) in [5.41, 5.74) is 5.61. The Morgan fingerprint density at radius 1 is 1.22 bits per heavy atom. The largest absolute Gasteiger partial charge is 0.345 e. The number of nitrogens with zero attached hydrogens (tertiary/aromatic N) is 1. The van der Waals surface area contributed by atoms with Crippen LogP contribution in [0, 0.1) is 11.8 Å². The van der Waals surface area contributed by atoms with Gasteiger partial charge in [0.05, 0.1) is 0 Å². The van der Waals surface area contributed by atoms with Gasteiger partial charge in [0.25, 0.3) is 0 Å². The molecule has 0 aromatic carbocycles. The third-order valence-corrected chi connectivity index (χ3v) is 3.75. The fourth-order valence-electron chi connectivity index (χ4n) is 2.29. The Labute approximate surface area is 113 Å². The molecule has 0 spiro atoms. The van der Waals surface area contributed by atoms with Gasteiger partial charge in [-0.2, -0.15) is 0 Å². The molecule has 18 heavy (non-hydrogen) atoms. The van der Waals surface area contributed by atoms with E-state index in [1.165, 1.54) is 12.8 Å². The van der Waals surface area contributed by atoms with Gasteiger partial charge in [0.2, 0.25) is 5.91 Å². The molecule has 2 unspecified atom stereocenters. The second kappa shape index (κ2) is 10.4. The summed E-state index contributed by atoms with van der Waals surface area (Å²) >= 11 is 0. The Morgan fingerprint density at radius 2 is 1.89 bits per heavy atom. The lowest BCUT2D eigenvalue weighted by Crippen LogP contribution is -2.31. The molecule has 0 heterocycles. The molecule has 108 valence electrons. The third kappa shape index (κ3) is 7.70. The van der Waals surface area contributed by atoms with E-state index in [-0.39, 0.29) is 5.91 Å². The smallest absolute Gasteiger partial charge is 0.222 e. The molecule has 0 aliphatic rings. The summed E-state index contributed by atoms with van der Waals surface area (Å²) in [6.45, 7) is 8.17. The van der Waals surface area contributed by atoms with Gasteiger partial charge in [0.1, 0.15) is 0 Å². The van der Waals surface area contributed by atoms with Gasteiger partial charge in [-0.25, -0.2) is 0 Å². The Morgan fingerprint density at radius 3 is 2.39 bits per heavy atom. The summed E-state index contributed by atoms with van der Waals surface area (Å²) in [6.07, 6.45) is 6.23. The number of hydrogen-bond acceptors (Lipinski definition) is 2. The molecule has 0 aliphatic carbocycles. The van der Waals surface area contributed by atoms with Crippen LogP contribution in [0.15, 0.2) is 0 Å². The number of hydrogen-bond donors (Lipinski definition) is 1. The van der Waals surface area contributed by atoms with Crippen molar-refractivity contribution in [3.63, 3.8) is 0 Å². The number of carbonyl (C=O) groups is 1. The van der Waals surface area contributed by atoms with Gasteiger partial charge in [-0.1, -0.05) is 40.0 Å². The summed E-state index contributed by atoms with van der Waals surface area (Å²) in [4.78, 5) is 13.9. The topological polar surface area (TPSA) is 46.3 Å². The van der Waals surface area contributed by atoms with Gasteiger partial charge in [-0.05, 0) is 31.2 Å². The standard InChI is InChI=1S/C15H32N2O/c1-5-7-14(10-11-16)8-9-15(18)17(4)12-13(3)6-2/h13-14H,5-12,16H2,1-4H3. The molecule has 0 fully saturated rings. The van der Waals surface area contributed by atoms with E-state index >= 15 is 0 Å². The van der Waals surface area contributed by atoms with E-state index in [1.807, 2.05) is 11.9 Å². The molecule has 0 saturated heterocycles. The number of nitrogens with two attached hydrogens (primary N) is 1. The predicted octanol–water partition coefficient (Wildman–Crippen LogP) is 3.04. The average molecular weight is 256 g/mol. The second-order valence-corrected chi connectivity index (χ2v) is 5.56. The molecule has 0 bridgehead atoms. The van der Waals surface area contributed by atoms with Gasteiger partial charge < -0.3 is 10.6 Å². The third-order valence-electron chi connectivity index (χ3n) is 3.75. The highest BCUT2D eigenvalue weighted by Gasteiger charge is 2.14. The van der Waals surface area contributed by atoms with Crippen molar-refractivity contribution >= 4 is 5.91 Å². The van der Waals surface area contributed by atoms with Crippen LogP contribution >= 0.6 is 0 Å². The van der Waals surface area contributed by atoms with Gasteiger partial charge in [0, 0.05) is 20.0 Å². The minimum atomic E-state index is 0.286. The zero-order chi connectivity index (χ0) is 14.0. The van der Waals surface area contributed by atoms with E-state index in [4.69, 9.17) is 5.73 Å². The van der Waals surface area contributed by atoms with Crippen LogP contribution in [0.5, 0.6) is 0 Å². The summed E-state index contributed by atoms with van der Waals surface area (Å²) in [5, 5.41) is 0. The molecule has 3 nitrogen and oxygen atoms in total. The van der Waals surface area contributed by atoms with Gasteiger partial charge in [0.15, 0.2) is 0 Å². The minimum absolute atomic E-state index is 0.286. The lowest BCUT2D eigenvalue weighted by Gasteiger charge is -2.22. The Balaban J connectivity index is 3.98. The van der Waals surface area contributed by atoms with Crippen molar-refractivity contribution in [3.8, 4) is 0 Å². The highest BCUT2D eigenvalue weighted by molar-refractivity contribution is 5.75. The van der Waals surface area contributed by atoms with Crippen LogP contribution in [0.3, 0.4) is 0 Å². The van der Waals surface area contributed by atoms with E-state index < -0.39 is 0 Å². The van der Waals surface area contributed by atoms with Crippen LogP contribution < -0.4 is 5.73 Å². The van der Waals surface area contributed by atoms with E-state index in [0.717, 1.165) is 32.4 Å². The van der Waals surface area contributed by atoms with Crippen molar-refractivity contribution < 1.29 is 4.79 Å². The zero-order valence-electron chi connectivity index (χ0n) is 12.7. The first-order valence-electron chi connectivity index (χ1n) is 7.49. The summed E-state index contributed by atoms with van der Waals surface area (Å²) in [6, 6.07) is 0. The normalized spacial score (nSPS) is 14.3.